The molecular formula is C17H19ClN2O. The van der Waals surface area contributed by atoms with E-state index in [2.05, 4.69) is 19.2 Å². The zero-order valence-corrected chi connectivity index (χ0v) is 12.9. The number of nitrogen functional groups attached to an aromatic ring is 1. The second-order valence-electron chi connectivity index (χ2n) is 5.12. The molecule has 0 fully saturated rings. The highest BCUT2D eigenvalue weighted by Gasteiger charge is 2.08. The van der Waals surface area contributed by atoms with E-state index in [4.69, 9.17) is 17.3 Å². The Hall–Kier alpha value is -2.00. The third-order valence-electron chi connectivity index (χ3n) is 3.61. The summed E-state index contributed by atoms with van der Waals surface area (Å²) in [4.78, 5) is 12.1. The van der Waals surface area contributed by atoms with Gasteiger partial charge < -0.3 is 11.1 Å². The molecule has 4 heteroatoms. The van der Waals surface area contributed by atoms with Crippen LogP contribution in [0.1, 0.15) is 42.1 Å². The van der Waals surface area contributed by atoms with Gasteiger partial charge in [-0.3, -0.25) is 4.79 Å². The average Bonchev–Trinajstić information content (AvgIpc) is 2.50. The molecule has 0 aliphatic rings. The van der Waals surface area contributed by atoms with Crippen LogP contribution in [0.3, 0.4) is 0 Å². The van der Waals surface area contributed by atoms with Crippen LogP contribution in [0.5, 0.6) is 0 Å². The van der Waals surface area contributed by atoms with Crippen LogP contribution in [0.25, 0.3) is 0 Å². The van der Waals surface area contributed by atoms with Gasteiger partial charge in [-0.15, -0.1) is 0 Å². The minimum absolute atomic E-state index is 0.199. The Morgan fingerprint density at radius 1 is 1.24 bits per heavy atom. The maximum absolute atomic E-state index is 12.1. The molecule has 1 atom stereocenters. The van der Waals surface area contributed by atoms with Gasteiger partial charge in [0.05, 0.1) is 10.7 Å². The maximum Gasteiger partial charge on any atom is 0.255 e. The van der Waals surface area contributed by atoms with Crippen LogP contribution >= 0.6 is 11.6 Å². The number of nitrogens with two attached hydrogens (primary N) is 1. The number of carbonyl (C=O) groups is 1. The van der Waals surface area contributed by atoms with Crippen LogP contribution < -0.4 is 11.1 Å². The van der Waals surface area contributed by atoms with Crippen molar-refractivity contribution in [2.24, 2.45) is 0 Å². The Balaban J connectivity index is 2.10. The lowest BCUT2D eigenvalue weighted by molar-refractivity contribution is 0.102. The van der Waals surface area contributed by atoms with Crippen molar-refractivity contribution < 1.29 is 4.79 Å². The molecule has 0 saturated carbocycles. The number of nitrogens with one attached hydrogen (secondary N) is 1. The van der Waals surface area contributed by atoms with Crippen LogP contribution in [0, 0.1) is 0 Å². The standard InChI is InChI=1S/C17H19ClN2O/c1-3-11(2)12-4-7-14(8-5-12)20-17(21)13-6-9-15(18)16(19)10-13/h4-11H,3,19H2,1-2H3,(H,20,21). The van der Waals surface area contributed by atoms with Crippen LogP contribution in [0.15, 0.2) is 42.5 Å². The Kier molecular flexibility index (Phi) is 4.86. The highest BCUT2D eigenvalue weighted by molar-refractivity contribution is 6.33. The van der Waals surface area contributed by atoms with Gasteiger partial charge in [-0.25, -0.2) is 0 Å². The summed E-state index contributed by atoms with van der Waals surface area (Å²) in [6.07, 6.45) is 1.09. The summed E-state index contributed by atoms with van der Waals surface area (Å²) in [5, 5.41) is 3.30. The van der Waals surface area contributed by atoms with Crippen molar-refractivity contribution >= 4 is 28.9 Å². The zero-order valence-electron chi connectivity index (χ0n) is 12.2. The van der Waals surface area contributed by atoms with Crippen molar-refractivity contribution in [1.29, 1.82) is 0 Å². The van der Waals surface area contributed by atoms with Crippen molar-refractivity contribution in [2.75, 3.05) is 11.1 Å². The predicted molar refractivity (Wildman–Crippen MR) is 89.0 cm³/mol. The van der Waals surface area contributed by atoms with Gasteiger partial charge in [0.2, 0.25) is 0 Å². The second kappa shape index (κ2) is 6.64. The number of anilines is 2. The molecule has 3 nitrogen and oxygen atoms in total. The molecule has 110 valence electrons. The van der Waals surface area contributed by atoms with Crippen molar-refractivity contribution in [3.63, 3.8) is 0 Å². The number of benzene rings is 2. The molecule has 0 spiro atoms. The van der Waals surface area contributed by atoms with Gasteiger partial charge in [0, 0.05) is 11.3 Å². The number of hydrogen-bond donors (Lipinski definition) is 2. The van der Waals surface area contributed by atoms with Crippen LogP contribution in [0.4, 0.5) is 11.4 Å². The van der Waals surface area contributed by atoms with E-state index >= 15 is 0 Å². The molecule has 0 radical (unpaired) electrons. The van der Waals surface area contributed by atoms with Gasteiger partial charge in [-0.1, -0.05) is 37.6 Å². The topological polar surface area (TPSA) is 55.1 Å². The van der Waals surface area contributed by atoms with E-state index in [-0.39, 0.29) is 5.91 Å². The molecule has 0 saturated heterocycles. The fourth-order valence-electron chi connectivity index (χ4n) is 2.02. The molecule has 2 aromatic carbocycles. The molecule has 2 rings (SSSR count). The quantitative estimate of drug-likeness (QED) is 0.805. The highest BCUT2D eigenvalue weighted by atomic mass is 35.5. The predicted octanol–water partition coefficient (Wildman–Crippen LogP) is 4.69. The third kappa shape index (κ3) is 3.76. The van der Waals surface area contributed by atoms with E-state index in [0.717, 1.165) is 12.1 Å². The summed E-state index contributed by atoms with van der Waals surface area (Å²) in [6, 6.07) is 12.8. The monoisotopic (exact) mass is 302 g/mol. The zero-order chi connectivity index (χ0) is 15.4. The van der Waals surface area contributed by atoms with Gasteiger partial charge in [-0.05, 0) is 48.2 Å². The highest BCUT2D eigenvalue weighted by Crippen LogP contribution is 2.22. The van der Waals surface area contributed by atoms with Gasteiger partial charge >= 0.3 is 0 Å². The van der Waals surface area contributed by atoms with E-state index in [9.17, 15) is 4.79 Å². The number of carbonyl (C=O) groups excluding carboxylic acids is 1. The molecule has 0 aliphatic carbocycles. The first-order chi connectivity index (χ1) is 10.0. The van der Waals surface area contributed by atoms with E-state index in [1.165, 1.54) is 5.56 Å². The normalized spacial score (nSPS) is 12.0. The van der Waals surface area contributed by atoms with Crippen molar-refractivity contribution in [3.05, 3.63) is 58.6 Å². The maximum atomic E-state index is 12.1. The first kappa shape index (κ1) is 15.4. The van der Waals surface area contributed by atoms with E-state index < -0.39 is 0 Å². The Labute approximate surface area is 130 Å². The molecule has 0 aliphatic heterocycles. The third-order valence-corrected chi connectivity index (χ3v) is 3.95. The summed E-state index contributed by atoms with van der Waals surface area (Å²) >= 11 is 5.85. The molecule has 2 aromatic rings. The molecule has 1 amide bonds. The molecule has 1 unspecified atom stereocenters. The lowest BCUT2D eigenvalue weighted by Gasteiger charge is -2.11. The first-order valence-electron chi connectivity index (χ1n) is 6.97. The molecule has 0 bridgehead atoms. The van der Waals surface area contributed by atoms with Crippen molar-refractivity contribution in [2.45, 2.75) is 26.2 Å². The lowest BCUT2D eigenvalue weighted by Crippen LogP contribution is -2.12. The SMILES string of the molecule is CCC(C)c1ccc(NC(=O)c2ccc(Cl)c(N)c2)cc1. The van der Waals surface area contributed by atoms with Crippen LogP contribution in [-0.4, -0.2) is 5.91 Å². The number of rotatable bonds is 4. The smallest absolute Gasteiger partial charge is 0.255 e. The molecule has 0 heterocycles. The minimum Gasteiger partial charge on any atom is -0.398 e. The molecular weight excluding hydrogens is 284 g/mol. The fraction of sp³-hybridized carbons (Fsp3) is 0.235. The largest absolute Gasteiger partial charge is 0.398 e. The van der Waals surface area contributed by atoms with Crippen LogP contribution in [0.2, 0.25) is 5.02 Å². The Bertz CT molecular complexity index is 638. The summed E-state index contributed by atoms with van der Waals surface area (Å²) in [5.74, 6) is 0.320. The van der Waals surface area contributed by atoms with E-state index in [1.54, 1.807) is 18.2 Å². The molecule has 3 N–H and O–H groups in total. The van der Waals surface area contributed by atoms with Gasteiger partial charge in [0.15, 0.2) is 0 Å². The Morgan fingerprint density at radius 3 is 2.48 bits per heavy atom. The van der Waals surface area contributed by atoms with Crippen LogP contribution in [-0.2, 0) is 0 Å². The Morgan fingerprint density at radius 2 is 1.90 bits per heavy atom. The van der Waals surface area contributed by atoms with E-state index in [1.807, 2.05) is 24.3 Å². The number of hydrogen-bond acceptors (Lipinski definition) is 2. The first-order valence-corrected chi connectivity index (χ1v) is 7.35. The summed E-state index contributed by atoms with van der Waals surface area (Å²) in [5.41, 5.74) is 8.63. The minimum atomic E-state index is -0.199. The summed E-state index contributed by atoms with van der Waals surface area (Å²) in [6.45, 7) is 4.34. The summed E-state index contributed by atoms with van der Waals surface area (Å²) in [7, 11) is 0. The fourth-order valence-corrected chi connectivity index (χ4v) is 2.14. The number of amides is 1. The van der Waals surface area contributed by atoms with Gasteiger partial charge in [0.1, 0.15) is 0 Å². The van der Waals surface area contributed by atoms with Crippen molar-refractivity contribution in [1.82, 2.24) is 0 Å². The average molecular weight is 303 g/mol. The van der Waals surface area contributed by atoms with Gasteiger partial charge in [0.25, 0.3) is 5.91 Å². The molecule has 0 aromatic heterocycles. The lowest BCUT2D eigenvalue weighted by atomic mass is 9.98. The molecule has 21 heavy (non-hydrogen) atoms. The van der Waals surface area contributed by atoms with E-state index in [0.29, 0.717) is 22.2 Å². The second-order valence-corrected chi connectivity index (χ2v) is 5.53. The van der Waals surface area contributed by atoms with Gasteiger partial charge in [-0.2, -0.15) is 0 Å². The number of halogens is 1. The summed E-state index contributed by atoms with van der Waals surface area (Å²) < 4.78 is 0. The van der Waals surface area contributed by atoms with Crippen molar-refractivity contribution in [3.8, 4) is 0 Å².